The maximum atomic E-state index is 15.0. The number of piperidine rings is 1. The molecule has 0 spiro atoms. The Hall–Kier alpha value is -2.62. The van der Waals surface area contributed by atoms with Crippen LogP contribution in [0.25, 0.3) is 11.3 Å². The van der Waals surface area contributed by atoms with Crippen molar-refractivity contribution in [3.63, 3.8) is 0 Å². The van der Waals surface area contributed by atoms with Crippen LogP contribution in [0.15, 0.2) is 36.5 Å². The van der Waals surface area contributed by atoms with E-state index in [4.69, 9.17) is 15.2 Å². The molecule has 1 aromatic heterocycles. The van der Waals surface area contributed by atoms with E-state index in [0.29, 0.717) is 49.2 Å². The van der Waals surface area contributed by atoms with Crippen molar-refractivity contribution in [3.8, 4) is 17.0 Å². The maximum absolute atomic E-state index is 15.0. The SMILES string of the molecule is CC(C)(F)CN1CCC(COc2ccc(-c3ccc(C(=O)N4CCC[C@H]4COCN)c(F)c3)nc2)CC1. The molecule has 2 saturated heterocycles. The Kier molecular flexibility index (Phi) is 9.10. The third kappa shape index (κ3) is 7.46. The highest BCUT2D eigenvalue weighted by Gasteiger charge is 2.31. The number of pyridine rings is 1. The number of alkyl halides is 1. The van der Waals surface area contributed by atoms with Crippen LogP contribution < -0.4 is 10.5 Å². The zero-order valence-electron chi connectivity index (χ0n) is 21.8. The molecule has 2 N–H and O–H groups in total. The molecular weight excluding hydrogens is 478 g/mol. The van der Waals surface area contributed by atoms with Crippen LogP contribution in [0.1, 0.15) is 49.9 Å². The number of likely N-dealkylation sites (tertiary alicyclic amines) is 2. The molecule has 2 aliphatic heterocycles. The van der Waals surface area contributed by atoms with E-state index in [1.54, 1.807) is 37.1 Å². The summed E-state index contributed by atoms with van der Waals surface area (Å²) >= 11 is 0. The number of amides is 1. The molecular formula is C28H38F2N4O3. The second kappa shape index (κ2) is 12.3. The minimum Gasteiger partial charge on any atom is -0.492 e. The lowest BCUT2D eigenvalue weighted by molar-refractivity contribution is 0.0548. The Morgan fingerprint density at radius 1 is 1.14 bits per heavy atom. The lowest BCUT2D eigenvalue weighted by Gasteiger charge is -2.34. The van der Waals surface area contributed by atoms with Gasteiger partial charge in [-0.2, -0.15) is 0 Å². The van der Waals surface area contributed by atoms with Crippen molar-refractivity contribution in [1.82, 2.24) is 14.8 Å². The number of hydrogen-bond donors (Lipinski definition) is 1. The van der Waals surface area contributed by atoms with E-state index >= 15 is 0 Å². The van der Waals surface area contributed by atoms with E-state index in [-0.39, 0.29) is 24.2 Å². The molecule has 7 nitrogen and oxygen atoms in total. The first-order valence-corrected chi connectivity index (χ1v) is 13.1. The lowest BCUT2D eigenvalue weighted by Crippen LogP contribution is -2.41. The van der Waals surface area contributed by atoms with Crippen LogP contribution in [0, 0.1) is 11.7 Å². The van der Waals surface area contributed by atoms with Gasteiger partial charge in [-0.15, -0.1) is 0 Å². The normalized spacial score (nSPS) is 19.4. The molecule has 1 amide bonds. The Morgan fingerprint density at radius 3 is 2.57 bits per heavy atom. The smallest absolute Gasteiger partial charge is 0.257 e. The quantitative estimate of drug-likeness (QED) is 0.475. The van der Waals surface area contributed by atoms with Crippen molar-refractivity contribution in [2.75, 3.05) is 46.1 Å². The molecule has 2 aromatic rings. The van der Waals surface area contributed by atoms with Crippen LogP contribution in [-0.4, -0.2) is 78.5 Å². The molecule has 1 aromatic carbocycles. The minimum atomic E-state index is -1.17. The van der Waals surface area contributed by atoms with Gasteiger partial charge in [-0.05, 0) is 82.8 Å². The van der Waals surface area contributed by atoms with E-state index in [9.17, 15) is 13.6 Å². The number of benzene rings is 1. The topological polar surface area (TPSA) is 80.9 Å². The van der Waals surface area contributed by atoms with Crippen LogP contribution in [0.3, 0.4) is 0 Å². The third-order valence-corrected chi connectivity index (χ3v) is 7.09. The molecule has 2 fully saturated rings. The summed E-state index contributed by atoms with van der Waals surface area (Å²) in [6.07, 6.45) is 5.27. The average Bonchev–Trinajstić information content (AvgIpc) is 3.34. The van der Waals surface area contributed by atoms with Crippen molar-refractivity contribution in [2.45, 2.75) is 51.2 Å². The van der Waals surface area contributed by atoms with Gasteiger partial charge in [0, 0.05) is 18.7 Å². The molecule has 3 heterocycles. The molecule has 202 valence electrons. The lowest BCUT2D eigenvalue weighted by atomic mass is 9.97. The predicted molar refractivity (Wildman–Crippen MR) is 139 cm³/mol. The number of nitrogens with two attached hydrogens (primary N) is 1. The van der Waals surface area contributed by atoms with Crippen LogP contribution in [0.2, 0.25) is 0 Å². The molecule has 0 radical (unpaired) electrons. The van der Waals surface area contributed by atoms with Crippen molar-refractivity contribution in [3.05, 3.63) is 47.9 Å². The van der Waals surface area contributed by atoms with Crippen LogP contribution >= 0.6 is 0 Å². The molecule has 37 heavy (non-hydrogen) atoms. The highest BCUT2D eigenvalue weighted by molar-refractivity contribution is 5.95. The highest BCUT2D eigenvalue weighted by atomic mass is 19.1. The summed E-state index contributed by atoms with van der Waals surface area (Å²) in [6, 6.07) is 8.12. The fourth-order valence-electron chi connectivity index (χ4n) is 5.18. The molecule has 1 atom stereocenters. The van der Waals surface area contributed by atoms with Gasteiger partial charge < -0.3 is 25.0 Å². The first-order valence-electron chi connectivity index (χ1n) is 13.1. The predicted octanol–water partition coefficient (Wildman–Crippen LogP) is 4.26. The van der Waals surface area contributed by atoms with E-state index in [1.165, 1.54) is 12.1 Å². The van der Waals surface area contributed by atoms with Gasteiger partial charge in [0.2, 0.25) is 0 Å². The maximum Gasteiger partial charge on any atom is 0.257 e. The average molecular weight is 517 g/mol. The number of halogens is 2. The zero-order chi connectivity index (χ0) is 26.4. The van der Waals surface area contributed by atoms with E-state index in [1.807, 2.05) is 6.07 Å². The van der Waals surface area contributed by atoms with Gasteiger partial charge in [0.25, 0.3) is 5.91 Å². The number of hydrogen-bond acceptors (Lipinski definition) is 6. The number of carbonyl (C=O) groups excluding carboxylic acids is 1. The Balaban J connectivity index is 1.30. The Labute approximate surface area is 217 Å². The summed E-state index contributed by atoms with van der Waals surface area (Å²) in [6.45, 7) is 7.07. The number of nitrogens with zero attached hydrogens (tertiary/aromatic N) is 3. The zero-order valence-corrected chi connectivity index (χ0v) is 21.8. The van der Waals surface area contributed by atoms with Gasteiger partial charge in [-0.1, -0.05) is 6.07 Å². The second-order valence-corrected chi connectivity index (χ2v) is 10.7. The molecule has 0 saturated carbocycles. The summed E-state index contributed by atoms with van der Waals surface area (Å²) in [5.74, 6) is 0.179. The molecule has 2 aliphatic rings. The molecule has 0 aliphatic carbocycles. The van der Waals surface area contributed by atoms with Crippen molar-refractivity contribution < 1.29 is 23.0 Å². The Morgan fingerprint density at radius 2 is 1.92 bits per heavy atom. The molecule has 4 rings (SSSR count). The first-order chi connectivity index (χ1) is 17.7. The van der Waals surface area contributed by atoms with Gasteiger partial charge >= 0.3 is 0 Å². The molecule has 0 bridgehead atoms. The molecule has 0 unspecified atom stereocenters. The summed E-state index contributed by atoms with van der Waals surface area (Å²) < 4.78 is 40.1. The third-order valence-electron chi connectivity index (χ3n) is 7.09. The first kappa shape index (κ1) is 27.4. The van der Waals surface area contributed by atoms with Crippen LogP contribution in [0.4, 0.5) is 8.78 Å². The fraction of sp³-hybridized carbons (Fsp3) is 0.571. The largest absolute Gasteiger partial charge is 0.492 e. The second-order valence-electron chi connectivity index (χ2n) is 10.7. The van der Waals surface area contributed by atoms with Gasteiger partial charge in [0.05, 0.1) is 43.4 Å². The summed E-state index contributed by atoms with van der Waals surface area (Å²) in [4.78, 5) is 21.2. The summed E-state index contributed by atoms with van der Waals surface area (Å²) in [7, 11) is 0. The van der Waals surface area contributed by atoms with Crippen molar-refractivity contribution >= 4 is 5.91 Å². The minimum absolute atomic E-state index is 0.0458. The summed E-state index contributed by atoms with van der Waals surface area (Å²) in [5, 5.41) is 0. The number of carbonyl (C=O) groups is 1. The van der Waals surface area contributed by atoms with Gasteiger partial charge in [0.15, 0.2) is 0 Å². The highest BCUT2D eigenvalue weighted by Crippen LogP contribution is 2.26. The van der Waals surface area contributed by atoms with E-state index in [0.717, 1.165) is 38.8 Å². The van der Waals surface area contributed by atoms with E-state index < -0.39 is 11.5 Å². The number of ether oxygens (including phenoxy) is 2. The van der Waals surface area contributed by atoms with Crippen LogP contribution in [0.5, 0.6) is 5.75 Å². The van der Waals surface area contributed by atoms with Crippen molar-refractivity contribution in [2.24, 2.45) is 11.7 Å². The van der Waals surface area contributed by atoms with Gasteiger partial charge in [-0.3, -0.25) is 9.78 Å². The fourth-order valence-corrected chi connectivity index (χ4v) is 5.18. The molecule has 9 heteroatoms. The van der Waals surface area contributed by atoms with Crippen molar-refractivity contribution in [1.29, 1.82) is 0 Å². The Bertz CT molecular complexity index is 1040. The van der Waals surface area contributed by atoms with Crippen LogP contribution in [-0.2, 0) is 4.74 Å². The number of rotatable bonds is 10. The standard InChI is InChI=1S/C28H38F2N4O3/c1-28(2,30)18-33-12-9-20(10-13-33)16-37-23-6-8-26(32-15-23)21-5-7-24(25(29)14-21)27(35)34-11-3-4-22(34)17-36-19-31/h5-8,14-15,20,22H,3-4,9-13,16-19,31H2,1-2H3/t22-/m0/s1. The number of aromatic nitrogens is 1. The van der Waals surface area contributed by atoms with Gasteiger partial charge in [-0.25, -0.2) is 8.78 Å². The summed E-state index contributed by atoms with van der Waals surface area (Å²) in [5.41, 5.74) is 5.47. The van der Waals surface area contributed by atoms with Gasteiger partial charge in [0.1, 0.15) is 17.2 Å². The van der Waals surface area contributed by atoms with E-state index in [2.05, 4.69) is 9.88 Å². The monoisotopic (exact) mass is 516 g/mol.